The van der Waals surface area contributed by atoms with Crippen molar-refractivity contribution in [2.24, 2.45) is 4.99 Å². The first kappa shape index (κ1) is 14.3. The van der Waals surface area contributed by atoms with Crippen molar-refractivity contribution in [3.05, 3.63) is 76.0 Å². The molecular formula is C19H18N2O. The Morgan fingerprint density at radius 2 is 1.73 bits per heavy atom. The van der Waals surface area contributed by atoms with E-state index in [4.69, 9.17) is 0 Å². The number of hydrogen-bond donors (Lipinski definition) is 1. The molecule has 1 aliphatic rings. The van der Waals surface area contributed by atoms with Crippen LogP contribution < -0.4 is 5.32 Å². The molecule has 0 bridgehead atoms. The molecule has 22 heavy (non-hydrogen) atoms. The molecule has 1 amide bonds. The first-order valence-electron chi connectivity index (χ1n) is 7.29. The summed E-state index contributed by atoms with van der Waals surface area (Å²) in [5, 5.41) is 2.85. The van der Waals surface area contributed by atoms with Gasteiger partial charge in [0, 0.05) is 5.56 Å². The van der Waals surface area contributed by atoms with Crippen LogP contribution in [-0.4, -0.2) is 11.7 Å². The van der Waals surface area contributed by atoms with Gasteiger partial charge in [-0.25, -0.2) is 4.99 Å². The minimum Gasteiger partial charge on any atom is -0.305 e. The maximum atomic E-state index is 12.1. The van der Waals surface area contributed by atoms with Crippen LogP contribution in [0, 0.1) is 20.8 Å². The number of nitrogens with one attached hydrogen (secondary N) is 1. The summed E-state index contributed by atoms with van der Waals surface area (Å²) in [4.78, 5) is 16.6. The Bertz CT molecular complexity index is 816. The summed E-state index contributed by atoms with van der Waals surface area (Å²) in [7, 11) is 0. The average molecular weight is 290 g/mol. The Balaban J connectivity index is 1.98. The molecule has 2 aromatic carbocycles. The molecule has 0 fully saturated rings. The molecule has 2 aromatic rings. The third-order valence-electron chi connectivity index (χ3n) is 3.96. The van der Waals surface area contributed by atoms with Gasteiger partial charge in [0.1, 0.15) is 11.5 Å². The summed E-state index contributed by atoms with van der Waals surface area (Å²) in [5.41, 5.74) is 5.93. The highest BCUT2D eigenvalue weighted by Gasteiger charge is 2.21. The van der Waals surface area contributed by atoms with E-state index in [0.29, 0.717) is 11.5 Å². The summed E-state index contributed by atoms with van der Waals surface area (Å²) < 4.78 is 0. The van der Waals surface area contributed by atoms with Gasteiger partial charge in [-0.15, -0.1) is 0 Å². The second-order valence-electron chi connectivity index (χ2n) is 5.60. The van der Waals surface area contributed by atoms with Crippen LogP contribution >= 0.6 is 0 Å². The molecule has 110 valence electrons. The van der Waals surface area contributed by atoms with Crippen molar-refractivity contribution in [3.8, 4) is 0 Å². The summed E-state index contributed by atoms with van der Waals surface area (Å²) in [6.45, 7) is 6.14. The normalized spacial score (nSPS) is 15.9. The summed E-state index contributed by atoms with van der Waals surface area (Å²) in [6.07, 6.45) is 1.83. The molecule has 3 nitrogen and oxygen atoms in total. The van der Waals surface area contributed by atoms with E-state index in [9.17, 15) is 4.79 Å². The number of aliphatic imine (C=N–C) groups is 1. The monoisotopic (exact) mass is 290 g/mol. The van der Waals surface area contributed by atoms with E-state index in [1.807, 2.05) is 55.5 Å². The highest BCUT2D eigenvalue weighted by molar-refractivity contribution is 6.19. The fourth-order valence-corrected chi connectivity index (χ4v) is 2.39. The third-order valence-corrected chi connectivity index (χ3v) is 3.96. The van der Waals surface area contributed by atoms with E-state index in [1.54, 1.807) is 0 Å². The van der Waals surface area contributed by atoms with Gasteiger partial charge in [-0.3, -0.25) is 4.79 Å². The van der Waals surface area contributed by atoms with Crippen molar-refractivity contribution < 1.29 is 4.79 Å². The van der Waals surface area contributed by atoms with Crippen LogP contribution in [0.5, 0.6) is 0 Å². The second-order valence-corrected chi connectivity index (χ2v) is 5.60. The summed E-state index contributed by atoms with van der Waals surface area (Å²) in [5.74, 6) is 0.462. The van der Waals surface area contributed by atoms with Crippen LogP contribution in [0.15, 0.2) is 53.2 Å². The second kappa shape index (κ2) is 5.60. The Morgan fingerprint density at radius 3 is 2.45 bits per heavy atom. The standard InChI is InChI=1S/C19H18N2O/c1-12-8-9-16(10-14(12)3)18-20-17(19(22)21-18)11-15-7-5-4-6-13(15)2/h4-11H,1-3H3,(H,20,21,22)/b17-11-. The molecule has 1 N–H and O–H groups in total. The molecule has 3 rings (SSSR count). The van der Waals surface area contributed by atoms with Crippen LogP contribution in [0.25, 0.3) is 6.08 Å². The van der Waals surface area contributed by atoms with Crippen molar-refractivity contribution in [3.63, 3.8) is 0 Å². The molecule has 3 heteroatoms. The largest absolute Gasteiger partial charge is 0.305 e. The zero-order valence-corrected chi connectivity index (χ0v) is 13.0. The average Bonchev–Trinajstić information content (AvgIpc) is 2.85. The first-order chi connectivity index (χ1) is 10.5. The quantitative estimate of drug-likeness (QED) is 0.845. The maximum Gasteiger partial charge on any atom is 0.275 e. The molecule has 0 aromatic heterocycles. The van der Waals surface area contributed by atoms with Crippen LogP contribution in [-0.2, 0) is 4.79 Å². The van der Waals surface area contributed by atoms with Gasteiger partial charge in [-0.1, -0.05) is 36.4 Å². The molecule has 0 spiro atoms. The van der Waals surface area contributed by atoms with E-state index in [-0.39, 0.29) is 5.91 Å². The molecule has 0 atom stereocenters. The highest BCUT2D eigenvalue weighted by atomic mass is 16.2. The number of hydrogen-bond acceptors (Lipinski definition) is 2. The highest BCUT2D eigenvalue weighted by Crippen LogP contribution is 2.18. The number of carbonyl (C=O) groups excluding carboxylic acids is 1. The molecule has 1 aliphatic heterocycles. The molecule has 0 saturated carbocycles. The molecule has 0 aliphatic carbocycles. The Morgan fingerprint density at radius 1 is 0.955 bits per heavy atom. The molecule has 1 heterocycles. The van der Waals surface area contributed by atoms with Gasteiger partial charge in [-0.2, -0.15) is 0 Å². The Labute approximate surface area is 130 Å². The topological polar surface area (TPSA) is 41.5 Å². The van der Waals surface area contributed by atoms with Crippen LogP contribution in [0.3, 0.4) is 0 Å². The first-order valence-corrected chi connectivity index (χ1v) is 7.29. The lowest BCUT2D eigenvalue weighted by Crippen LogP contribution is -2.24. The summed E-state index contributed by atoms with van der Waals surface area (Å²) >= 11 is 0. The van der Waals surface area contributed by atoms with Gasteiger partial charge in [0.15, 0.2) is 0 Å². The zero-order valence-electron chi connectivity index (χ0n) is 13.0. The number of nitrogens with zero attached hydrogens (tertiary/aromatic N) is 1. The predicted octanol–water partition coefficient (Wildman–Crippen LogP) is 3.53. The van der Waals surface area contributed by atoms with Crippen molar-refractivity contribution in [1.29, 1.82) is 0 Å². The SMILES string of the molecule is Cc1ccc(C2=N/C(=C\c3ccccc3C)C(=O)N2)cc1C. The van der Waals surface area contributed by atoms with Crippen LogP contribution in [0.1, 0.15) is 27.8 Å². The fraction of sp³-hybridized carbons (Fsp3) is 0.158. The fourth-order valence-electron chi connectivity index (χ4n) is 2.39. The van der Waals surface area contributed by atoms with Crippen molar-refractivity contribution in [2.75, 3.05) is 0 Å². The van der Waals surface area contributed by atoms with Gasteiger partial charge in [0.25, 0.3) is 5.91 Å². The van der Waals surface area contributed by atoms with Gasteiger partial charge in [0.05, 0.1) is 0 Å². The van der Waals surface area contributed by atoms with Crippen molar-refractivity contribution in [1.82, 2.24) is 5.32 Å². The van der Waals surface area contributed by atoms with E-state index >= 15 is 0 Å². The smallest absolute Gasteiger partial charge is 0.275 e. The lowest BCUT2D eigenvalue weighted by molar-refractivity contribution is -0.115. The molecule has 0 radical (unpaired) electrons. The minimum atomic E-state index is -0.156. The van der Waals surface area contributed by atoms with E-state index < -0.39 is 0 Å². The van der Waals surface area contributed by atoms with Gasteiger partial charge in [0.2, 0.25) is 0 Å². The van der Waals surface area contributed by atoms with Crippen molar-refractivity contribution in [2.45, 2.75) is 20.8 Å². The number of amidine groups is 1. The Hall–Kier alpha value is -2.68. The van der Waals surface area contributed by atoms with Gasteiger partial charge >= 0.3 is 0 Å². The number of rotatable bonds is 2. The van der Waals surface area contributed by atoms with E-state index in [1.165, 1.54) is 11.1 Å². The number of benzene rings is 2. The van der Waals surface area contributed by atoms with Crippen LogP contribution in [0.4, 0.5) is 0 Å². The lowest BCUT2D eigenvalue weighted by atomic mass is 10.1. The van der Waals surface area contributed by atoms with Crippen molar-refractivity contribution >= 4 is 17.8 Å². The number of amides is 1. The zero-order chi connectivity index (χ0) is 15.7. The van der Waals surface area contributed by atoms with E-state index in [2.05, 4.69) is 24.2 Å². The Kier molecular flexibility index (Phi) is 3.63. The minimum absolute atomic E-state index is 0.156. The van der Waals surface area contributed by atoms with Gasteiger partial charge in [-0.05, 0) is 55.2 Å². The maximum absolute atomic E-state index is 12.1. The lowest BCUT2D eigenvalue weighted by Gasteiger charge is -2.04. The molecular weight excluding hydrogens is 272 g/mol. The third kappa shape index (κ3) is 2.70. The van der Waals surface area contributed by atoms with E-state index in [0.717, 1.165) is 16.7 Å². The predicted molar refractivity (Wildman–Crippen MR) is 89.8 cm³/mol. The summed E-state index contributed by atoms with van der Waals surface area (Å²) in [6, 6.07) is 14.0. The number of aryl methyl sites for hydroxylation is 3. The number of carbonyl (C=O) groups is 1. The molecule has 0 saturated heterocycles. The van der Waals surface area contributed by atoms with Crippen LogP contribution in [0.2, 0.25) is 0 Å². The molecule has 0 unspecified atom stereocenters. The van der Waals surface area contributed by atoms with Gasteiger partial charge < -0.3 is 5.32 Å².